The van der Waals surface area contributed by atoms with E-state index in [2.05, 4.69) is 16.9 Å². The molecule has 0 aromatic carbocycles. The van der Waals surface area contributed by atoms with Gasteiger partial charge in [0.25, 0.3) is 11.5 Å². The van der Waals surface area contributed by atoms with Crippen molar-refractivity contribution < 1.29 is 14.3 Å². The Balaban J connectivity index is 1.34. The first-order valence-electron chi connectivity index (χ1n) is 9.34. The van der Waals surface area contributed by atoms with E-state index in [0.29, 0.717) is 37.6 Å². The standard InChI is InChI=1S/C19H22N4O4S/c1-2-6-27-7-3-4-15(24)23-11-12-9-14(23)16(12)21-17(25)13-10-20-19-22(18(13)26)5-8-28-19/h2,5,8,10,12,14,16H,1,3-4,6-7,9,11H2,(H,21,25)/t12-,14-,16+/m0/s1. The molecule has 2 aliphatic heterocycles. The highest BCUT2D eigenvalue weighted by atomic mass is 32.1. The van der Waals surface area contributed by atoms with Gasteiger partial charge in [0.05, 0.1) is 18.7 Å². The Morgan fingerprint density at radius 3 is 3.14 bits per heavy atom. The van der Waals surface area contributed by atoms with Gasteiger partial charge in [-0.05, 0) is 12.8 Å². The molecule has 0 spiro atoms. The monoisotopic (exact) mass is 402 g/mol. The van der Waals surface area contributed by atoms with Gasteiger partial charge in [0.1, 0.15) is 5.56 Å². The second-order valence-corrected chi connectivity index (χ2v) is 7.98. The molecule has 2 aromatic heterocycles. The summed E-state index contributed by atoms with van der Waals surface area (Å²) >= 11 is 1.34. The predicted molar refractivity (Wildman–Crippen MR) is 104 cm³/mol. The molecule has 9 heteroatoms. The van der Waals surface area contributed by atoms with Gasteiger partial charge in [0, 0.05) is 43.3 Å². The molecule has 3 fully saturated rings. The average molecular weight is 402 g/mol. The molecule has 3 aliphatic rings. The van der Waals surface area contributed by atoms with Crippen molar-refractivity contribution >= 4 is 28.1 Å². The first-order chi connectivity index (χ1) is 13.6. The number of hydrogen-bond donors (Lipinski definition) is 1. The second-order valence-electron chi connectivity index (χ2n) is 7.11. The Bertz CT molecular complexity index is 968. The molecule has 148 valence electrons. The number of carbonyl (C=O) groups excluding carboxylic acids is 2. The molecule has 2 aromatic rings. The molecule has 8 nitrogen and oxygen atoms in total. The van der Waals surface area contributed by atoms with Gasteiger partial charge in [-0.25, -0.2) is 4.98 Å². The highest BCUT2D eigenvalue weighted by molar-refractivity contribution is 7.15. The number of aromatic nitrogens is 2. The zero-order chi connectivity index (χ0) is 19.7. The molecule has 2 bridgehead atoms. The van der Waals surface area contributed by atoms with Crippen molar-refractivity contribution in [3.63, 3.8) is 0 Å². The number of amides is 2. The van der Waals surface area contributed by atoms with Gasteiger partial charge < -0.3 is 15.0 Å². The average Bonchev–Trinajstić information content (AvgIpc) is 3.40. The summed E-state index contributed by atoms with van der Waals surface area (Å²) in [5, 5.41) is 4.70. The van der Waals surface area contributed by atoms with Crippen molar-refractivity contribution in [2.75, 3.05) is 19.8 Å². The van der Waals surface area contributed by atoms with E-state index in [-0.39, 0.29) is 35.0 Å². The Morgan fingerprint density at radius 1 is 1.46 bits per heavy atom. The second kappa shape index (κ2) is 7.84. The number of hydrogen-bond acceptors (Lipinski definition) is 6. The summed E-state index contributed by atoms with van der Waals surface area (Å²) in [7, 11) is 0. The fourth-order valence-corrected chi connectivity index (χ4v) is 4.64. The first-order valence-corrected chi connectivity index (χ1v) is 10.2. The van der Waals surface area contributed by atoms with E-state index < -0.39 is 5.91 Å². The SMILES string of the molecule is C=CCOCCCC(=O)N1C[C@@H]2C[C@H]1[C@@H]2NC(=O)c1cnc2sccn2c1=O. The number of nitrogens with one attached hydrogen (secondary N) is 1. The maximum atomic E-state index is 12.6. The maximum Gasteiger partial charge on any atom is 0.271 e. The Labute approximate surface area is 165 Å². The van der Waals surface area contributed by atoms with Crippen LogP contribution in [-0.2, 0) is 9.53 Å². The van der Waals surface area contributed by atoms with Gasteiger partial charge in [-0.1, -0.05) is 6.08 Å². The van der Waals surface area contributed by atoms with Crippen molar-refractivity contribution in [3.05, 3.63) is 46.3 Å². The molecule has 3 atom stereocenters. The zero-order valence-corrected chi connectivity index (χ0v) is 16.2. The molecular weight excluding hydrogens is 380 g/mol. The van der Waals surface area contributed by atoms with Crippen LogP contribution in [0.15, 0.2) is 35.2 Å². The molecule has 1 N–H and O–H groups in total. The van der Waals surface area contributed by atoms with Gasteiger partial charge in [-0.3, -0.25) is 18.8 Å². The summed E-state index contributed by atoms with van der Waals surface area (Å²) in [4.78, 5) is 44.1. The lowest BCUT2D eigenvalue weighted by Crippen LogP contribution is -2.55. The van der Waals surface area contributed by atoms with E-state index in [1.54, 1.807) is 17.7 Å². The van der Waals surface area contributed by atoms with Crippen LogP contribution < -0.4 is 10.9 Å². The van der Waals surface area contributed by atoms with E-state index in [0.717, 1.165) is 6.42 Å². The lowest BCUT2D eigenvalue weighted by atomic mass is 9.80. The Morgan fingerprint density at radius 2 is 2.32 bits per heavy atom. The molecule has 4 heterocycles. The summed E-state index contributed by atoms with van der Waals surface area (Å²) in [6.45, 7) is 5.26. The van der Waals surface area contributed by atoms with E-state index in [4.69, 9.17) is 4.74 Å². The first kappa shape index (κ1) is 18.8. The van der Waals surface area contributed by atoms with Gasteiger partial charge in [0.2, 0.25) is 5.91 Å². The molecule has 1 aliphatic carbocycles. The van der Waals surface area contributed by atoms with Crippen LogP contribution >= 0.6 is 11.3 Å². The predicted octanol–water partition coefficient (Wildman–Crippen LogP) is 1.07. The van der Waals surface area contributed by atoms with Crippen LogP contribution in [-0.4, -0.2) is 57.9 Å². The van der Waals surface area contributed by atoms with E-state index in [1.807, 2.05) is 4.90 Å². The van der Waals surface area contributed by atoms with Crippen molar-refractivity contribution in [2.24, 2.45) is 5.92 Å². The van der Waals surface area contributed by atoms with Crippen molar-refractivity contribution in [3.8, 4) is 0 Å². The number of thiazole rings is 1. The summed E-state index contributed by atoms with van der Waals surface area (Å²) in [6.07, 6.45) is 6.61. The third-order valence-corrected chi connectivity index (χ3v) is 6.19. The third-order valence-electron chi connectivity index (χ3n) is 5.42. The van der Waals surface area contributed by atoms with Gasteiger partial charge in [-0.2, -0.15) is 0 Å². The number of fused-ring (bicyclic) bond motifs is 2. The minimum atomic E-state index is -0.426. The van der Waals surface area contributed by atoms with Crippen molar-refractivity contribution in [2.45, 2.75) is 31.3 Å². The Hall–Kier alpha value is -2.52. The summed E-state index contributed by atoms with van der Waals surface area (Å²) in [6, 6.07) is -0.0906. The summed E-state index contributed by atoms with van der Waals surface area (Å²) in [5.41, 5.74) is -0.345. The number of rotatable bonds is 8. The van der Waals surface area contributed by atoms with Gasteiger partial charge in [0.15, 0.2) is 4.96 Å². The smallest absolute Gasteiger partial charge is 0.271 e. The molecule has 28 heavy (non-hydrogen) atoms. The summed E-state index contributed by atoms with van der Waals surface area (Å²) in [5.74, 6) is -0.0895. The maximum absolute atomic E-state index is 12.6. The molecule has 2 saturated heterocycles. The minimum absolute atomic E-state index is 0.0103. The van der Waals surface area contributed by atoms with E-state index >= 15 is 0 Å². The van der Waals surface area contributed by atoms with Crippen LogP contribution in [0, 0.1) is 5.92 Å². The van der Waals surface area contributed by atoms with Crippen LogP contribution in [0.3, 0.4) is 0 Å². The number of ether oxygens (including phenoxy) is 1. The minimum Gasteiger partial charge on any atom is -0.377 e. The fraction of sp³-hybridized carbons (Fsp3) is 0.474. The zero-order valence-electron chi connectivity index (χ0n) is 15.4. The molecular formula is C19H22N4O4S. The molecule has 5 rings (SSSR count). The third kappa shape index (κ3) is 3.35. The van der Waals surface area contributed by atoms with Crippen molar-refractivity contribution in [1.29, 1.82) is 0 Å². The number of carbonyl (C=O) groups is 2. The highest BCUT2D eigenvalue weighted by Crippen LogP contribution is 2.41. The summed E-state index contributed by atoms with van der Waals surface area (Å²) < 4.78 is 6.68. The number of nitrogens with zero attached hydrogens (tertiary/aromatic N) is 3. The van der Waals surface area contributed by atoms with Crippen LogP contribution in [0.4, 0.5) is 0 Å². The van der Waals surface area contributed by atoms with Crippen LogP contribution in [0.5, 0.6) is 0 Å². The fourth-order valence-electron chi connectivity index (χ4n) is 3.97. The lowest BCUT2D eigenvalue weighted by Gasteiger charge is -2.36. The van der Waals surface area contributed by atoms with Crippen LogP contribution in [0.1, 0.15) is 29.6 Å². The molecule has 1 saturated carbocycles. The molecule has 0 unspecified atom stereocenters. The Kier molecular flexibility index (Phi) is 5.27. The van der Waals surface area contributed by atoms with E-state index in [9.17, 15) is 14.4 Å². The quantitative estimate of drug-likeness (QED) is 0.527. The normalized spacial score (nSPS) is 22.9. The lowest BCUT2D eigenvalue weighted by molar-refractivity contribution is -0.132. The highest BCUT2D eigenvalue weighted by Gasteiger charge is 2.54. The van der Waals surface area contributed by atoms with Gasteiger partial charge >= 0.3 is 0 Å². The van der Waals surface area contributed by atoms with Crippen molar-refractivity contribution in [1.82, 2.24) is 19.6 Å². The van der Waals surface area contributed by atoms with E-state index in [1.165, 1.54) is 21.9 Å². The topological polar surface area (TPSA) is 93.0 Å². The molecule has 2 amide bonds. The molecule has 0 radical (unpaired) electrons. The van der Waals surface area contributed by atoms with Gasteiger partial charge in [-0.15, -0.1) is 17.9 Å². The van der Waals surface area contributed by atoms with Crippen LogP contribution in [0.2, 0.25) is 0 Å². The largest absolute Gasteiger partial charge is 0.377 e. The van der Waals surface area contributed by atoms with Crippen LogP contribution in [0.25, 0.3) is 4.96 Å².